The van der Waals surface area contributed by atoms with Crippen LogP contribution in [0.5, 0.6) is 0 Å². The molecule has 2 aromatic rings. The van der Waals surface area contributed by atoms with Gasteiger partial charge in [0.15, 0.2) is 5.60 Å². The van der Waals surface area contributed by atoms with Crippen LogP contribution in [0.4, 0.5) is 0 Å². The Kier molecular flexibility index (Phi) is 17.2. The monoisotopic (exact) mass is 540 g/mol. The van der Waals surface area contributed by atoms with Gasteiger partial charge in [-0.15, -0.1) is 0 Å². The van der Waals surface area contributed by atoms with Crippen molar-refractivity contribution in [2.75, 3.05) is 0 Å². The zero-order chi connectivity index (χ0) is 29.9. The van der Waals surface area contributed by atoms with Gasteiger partial charge in [0.25, 0.3) is 0 Å². The van der Waals surface area contributed by atoms with Crippen LogP contribution in [-0.2, 0) is 30.4 Å². The summed E-state index contributed by atoms with van der Waals surface area (Å²) in [5.41, 5.74) is -1.56. The minimum absolute atomic E-state index is 0.112. The summed E-state index contributed by atoms with van der Waals surface area (Å²) in [4.78, 5) is 60.3. The van der Waals surface area contributed by atoms with Crippen molar-refractivity contribution in [2.24, 2.45) is 0 Å². The maximum Gasteiger partial charge on any atom is 0.336 e. The van der Waals surface area contributed by atoms with Crippen molar-refractivity contribution in [3.8, 4) is 0 Å². The van der Waals surface area contributed by atoms with E-state index >= 15 is 0 Å². The summed E-state index contributed by atoms with van der Waals surface area (Å²) in [5.74, 6) is -7.87. The van der Waals surface area contributed by atoms with Crippen LogP contribution in [0.25, 0.3) is 0 Å². The molecule has 0 saturated heterocycles. The second-order valence-corrected chi connectivity index (χ2v) is 7.22. The summed E-state index contributed by atoms with van der Waals surface area (Å²) < 4.78 is 0. The average Bonchev–Trinajstić information content (AvgIpc) is 2.80. The highest BCUT2D eigenvalue weighted by Crippen LogP contribution is 2.15. The zero-order valence-corrected chi connectivity index (χ0v) is 20.0. The first-order valence-electron chi connectivity index (χ1n) is 10.4. The number of aliphatic carboxylic acids is 5. The second-order valence-electron chi connectivity index (χ2n) is 7.22. The number of rotatable bonds is 9. The third-order valence-electron chi connectivity index (χ3n) is 3.86. The number of benzene rings is 2. The van der Waals surface area contributed by atoms with Crippen molar-refractivity contribution in [1.29, 1.82) is 0 Å². The highest BCUT2D eigenvalue weighted by atomic mass is 16.4. The van der Waals surface area contributed by atoms with E-state index in [1.165, 1.54) is 6.92 Å². The minimum Gasteiger partial charge on any atom is -0.481 e. The van der Waals surface area contributed by atoms with Gasteiger partial charge in [-0.05, 0) is 24.6 Å². The first kappa shape index (κ1) is 35.3. The van der Waals surface area contributed by atoms with Crippen LogP contribution < -0.4 is 0 Å². The third kappa shape index (κ3) is 18.5. The van der Waals surface area contributed by atoms with E-state index in [9.17, 15) is 28.8 Å². The maximum atomic E-state index is 10.3. The van der Waals surface area contributed by atoms with E-state index in [0.29, 0.717) is 5.56 Å². The number of carbonyl (C=O) groups is 6. The maximum absolute atomic E-state index is 10.3. The van der Waals surface area contributed by atoms with Crippen LogP contribution in [0, 0.1) is 0 Å². The molecule has 0 heterocycles. The van der Waals surface area contributed by atoms with Crippen LogP contribution in [0.2, 0.25) is 0 Å². The number of aliphatic hydroxyl groups excluding tert-OH is 1. The molecular weight excluding hydrogens is 512 g/mol. The molecule has 0 aliphatic heterocycles. The first-order valence-corrected chi connectivity index (χ1v) is 10.4. The lowest BCUT2D eigenvalue weighted by Crippen LogP contribution is -2.42. The summed E-state index contributed by atoms with van der Waals surface area (Å²) in [6.45, 7) is 1.20. The molecule has 0 aromatic heterocycles. The van der Waals surface area contributed by atoms with E-state index in [1.54, 1.807) is 42.5 Å². The number of carboxylic acid groups (broad SMARTS) is 6. The number of hydrogen-bond donors (Lipinski definition) is 8. The fourth-order valence-corrected chi connectivity index (χ4v) is 2.07. The molecule has 1 atom stereocenters. The van der Waals surface area contributed by atoms with Gasteiger partial charge >= 0.3 is 35.8 Å². The van der Waals surface area contributed by atoms with Gasteiger partial charge < -0.3 is 40.9 Å². The van der Waals surface area contributed by atoms with E-state index in [1.807, 2.05) is 18.2 Å². The molecule has 14 nitrogen and oxygen atoms in total. The highest BCUT2D eigenvalue weighted by molar-refractivity contribution is 5.88. The summed E-state index contributed by atoms with van der Waals surface area (Å²) in [5, 5.41) is 66.3. The quantitative estimate of drug-likeness (QED) is 0.220. The summed E-state index contributed by atoms with van der Waals surface area (Å²) in [6, 6.07) is 17.4. The van der Waals surface area contributed by atoms with Crippen LogP contribution >= 0.6 is 0 Å². The van der Waals surface area contributed by atoms with Gasteiger partial charge in [0, 0.05) is 0 Å². The standard InChI is InChI=1S/C8H8O2.C7H6O2.C6H8O7.C3H6O3/c9-8(10)6-7-4-2-1-3-5-7;8-7(9)6-4-2-1-3-5-6;7-3(8)1-6(13,5(11)12)2-4(9)10;1-2(4)3(5)6/h1-5H,6H2,(H,9,10);1-5H,(H,8,9);13H,1-2H2,(H,7,8)(H,9,10)(H,11,12);2,4H,1H3,(H,5,6). The predicted octanol–water partition coefficient (Wildman–Crippen LogP) is 0.902. The molecule has 0 amide bonds. The fraction of sp³-hybridized carbons (Fsp3) is 0.250. The van der Waals surface area contributed by atoms with Gasteiger partial charge in [-0.25, -0.2) is 14.4 Å². The van der Waals surface area contributed by atoms with E-state index < -0.39 is 60.4 Å². The van der Waals surface area contributed by atoms with Gasteiger partial charge in [-0.2, -0.15) is 0 Å². The topological polar surface area (TPSA) is 264 Å². The summed E-state index contributed by atoms with van der Waals surface area (Å²) in [6.07, 6.45) is -3.41. The molecule has 0 spiro atoms. The normalized spacial score (nSPS) is 10.4. The Morgan fingerprint density at radius 3 is 1.29 bits per heavy atom. The fourth-order valence-electron chi connectivity index (χ4n) is 2.07. The Morgan fingerprint density at radius 2 is 1.05 bits per heavy atom. The molecule has 1 unspecified atom stereocenters. The molecule has 208 valence electrons. The van der Waals surface area contributed by atoms with Crippen molar-refractivity contribution in [2.45, 2.75) is 37.9 Å². The van der Waals surface area contributed by atoms with E-state index in [0.717, 1.165) is 5.56 Å². The van der Waals surface area contributed by atoms with Crippen molar-refractivity contribution in [3.63, 3.8) is 0 Å². The Balaban J connectivity index is 0. The van der Waals surface area contributed by atoms with E-state index in [-0.39, 0.29) is 6.42 Å². The Labute approximate surface area is 215 Å². The third-order valence-corrected chi connectivity index (χ3v) is 3.86. The molecule has 0 fully saturated rings. The van der Waals surface area contributed by atoms with Crippen molar-refractivity contribution in [3.05, 3.63) is 71.8 Å². The number of hydrogen-bond acceptors (Lipinski definition) is 8. The molecule has 2 rings (SSSR count). The van der Waals surface area contributed by atoms with Crippen molar-refractivity contribution in [1.82, 2.24) is 0 Å². The Morgan fingerprint density at radius 1 is 0.684 bits per heavy atom. The molecule has 14 heteroatoms. The molecule has 0 bridgehead atoms. The van der Waals surface area contributed by atoms with Crippen LogP contribution in [0.1, 0.15) is 35.7 Å². The van der Waals surface area contributed by atoms with E-state index in [2.05, 4.69) is 0 Å². The predicted molar refractivity (Wildman–Crippen MR) is 128 cm³/mol. The van der Waals surface area contributed by atoms with Gasteiger partial charge in [-0.3, -0.25) is 14.4 Å². The lowest BCUT2D eigenvalue weighted by atomic mass is 9.96. The Bertz CT molecular complexity index is 1030. The van der Waals surface area contributed by atoms with Gasteiger partial charge in [0.1, 0.15) is 6.10 Å². The average molecular weight is 540 g/mol. The SMILES string of the molecule is CC(O)C(=O)O.O=C(O)CC(O)(CC(=O)O)C(=O)O.O=C(O)Cc1ccccc1.O=C(O)c1ccccc1. The largest absolute Gasteiger partial charge is 0.481 e. The lowest BCUT2D eigenvalue weighted by Gasteiger charge is -2.18. The van der Waals surface area contributed by atoms with Gasteiger partial charge in [0.05, 0.1) is 24.8 Å². The highest BCUT2D eigenvalue weighted by Gasteiger charge is 2.40. The van der Waals surface area contributed by atoms with Gasteiger partial charge in [0.2, 0.25) is 0 Å². The molecule has 8 N–H and O–H groups in total. The summed E-state index contributed by atoms with van der Waals surface area (Å²) in [7, 11) is 0. The number of carboxylic acids is 6. The summed E-state index contributed by atoms with van der Waals surface area (Å²) >= 11 is 0. The smallest absolute Gasteiger partial charge is 0.336 e. The zero-order valence-electron chi connectivity index (χ0n) is 20.0. The lowest BCUT2D eigenvalue weighted by molar-refractivity contribution is -0.170. The molecular formula is C24H28O14. The molecule has 0 aliphatic rings. The van der Waals surface area contributed by atoms with Crippen LogP contribution in [0.15, 0.2) is 60.7 Å². The molecule has 0 radical (unpaired) electrons. The van der Waals surface area contributed by atoms with E-state index in [4.69, 9.17) is 40.9 Å². The Hall–Kier alpha value is -4.82. The van der Waals surface area contributed by atoms with Gasteiger partial charge in [-0.1, -0.05) is 48.5 Å². The minimum atomic E-state index is -2.74. The number of aromatic carboxylic acids is 1. The molecule has 0 aliphatic carbocycles. The van der Waals surface area contributed by atoms with Crippen molar-refractivity contribution < 1.29 is 69.6 Å². The van der Waals surface area contributed by atoms with Crippen molar-refractivity contribution >= 4 is 35.8 Å². The molecule has 2 aromatic carbocycles. The molecule has 38 heavy (non-hydrogen) atoms. The van der Waals surface area contributed by atoms with Crippen LogP contribution in [-0.4, -0.2) is 88.4 Å². The van der Waals surface area contributed by atoms with Crippen LogP contribution in [0.3, 0.4) is 0 Å². The number of aliphatic hydroxyl groups is 2. The second kappa shape index (κ2) is 18.4. The molecule has 0 saturated carbocycles. The first-order chi connectivity index (χ1) is 17.5.